The van der Waals surface area contributed by atoms with E-state index in [1.54, 1.807) is 6.92 Å². The number of hydrogen-bond acceptors (Lipinski definition) is 3. The molecule has 0 saturated heterocycles. The van der Waals surface area contributed by atoms with Crippen LogP contribution in [0.15, 0.2) is 60.7 Å². The second-order valence-corrected chi connectivity index (χ2v) is 4.42. The van der Waals surface area contributed by atoms with Crippen molar-refractivity contribution in [2.75, 3.05) is 17.0 Å². The third-order valence-corrected chi connectivity index (χ3v) is 2.79. The number of anilines is 2. The zero-order valence-electron chi connectivity index (χ0n) is 11.0. The van der Waals surface area contributed by atoms with Gasteiger partial charge in [0, 0.05) is 13.0 Å². The largest absolute Gasteiger partial charge is 0.300 e. The van der Waals surface area contributed by atoms with Gasteiger partial charge in [-0.25, -0.2) is 0 Å². The standard InChI is InChI=1S/C16H18N2O/c1-14(19)12-13-18(16-10-6-3-7-11-16)17-15-8-4-2-5-9-15/h2-11,17H,12-13H2,1H3. The van der Waals surface area contributed by atoms with E-state index in [1.807, 2.05) is 65.7 Å². The number of carbonyl (C=O) groups excluding carboxylic acids is 1. The molecule has 0 saturated carbocycles. The van der Waals surface area contributed by atoms with Gasteiger partial charge in [0.25, 0.3) is 0 Å². The van der Waals surface area contributed by atoms with E-state index in [4.69, 9.17) is 0 Å². The van der Waals surface area contributed by atoms with Gasteiger partial charge in [-0.1, -0.05) is 36.4 Å². The highest BCUT2D eigenvalue weighted by Gasteiger charge is 2.07. The summed E-state index contributed by atoms with van der Waals surface area (Å²) in [5.41, 5.74) is 5.39. The maximum Gasteiger partial charge on any atom is 0.131 e. The Morgan fingerprint density at radius 2 is 1.58 bits per heavy atom. The van der Waals surface area contributed by atoms with Crippen LogP contribution in [0.5, 0.6) is 0 Å². The normalized spacial score (nSPS) is 9.95. The molecule has 3 heteroatoms. The molecule has 2 aromatic carbocycles. The molecule has 0 unspecified atom stereocenters. The van der Waals surface area contributed by atoms with Gasteiger partial charge in [-0.05, 0) is 31.2 Å². The Morgan fingerprint density at radius 3 is 2.16 bits per heavy atom. The second kappa shape index (κ2) is 6.59. The Labute approximate surface area is 113 Å². The van der Waals surface area contributed by atoms with Gasteiger partial charge in [0.15, 0.2) is 0 Å². The van der Waals surface area contributed by atoms with Gasteiger partial charge in [0.2, 0.25) is 0 Å². The third-order valence-electron chi connectivity index (χ3n) is 2.79. The number of ketones is 1. The molecule has 1 N–H and O–H groups in total. The fourth-order valence-corrected chi connectivity index (χ4v) is 1.80. The van der Waals surface area contributed by atoms with Gasteiger partial charge >= 0.3 is 0 Å². The van der Waals surface area contributed by atoms with Gasteiger partial charge in [0.1, 0.15) is 5.78 Å². The fourth-order valence-electron chi connectivity index (χ4n) is 1.80. The Balaban J connectivity index is 2.12. The van der Waals surface area contributed by atoms with Crippen LogP contribution in [0.25, 0.3) is 0 Å². The quantitative estimate of drug-likeness (QED) is 0.801. The molecule has 0 atom stereocenters. The van der Waals surface area contributed by atoms with E-state index in [2.05, 4.69) is 5.43 Å². The van der Waals surface area contributed by atoms with Crippen molar-refractivity contribution >= 4 is 17.2 Å². The SMILES string of the molecule is CC(=O)CCN(Nc1ccccc1)c1ccccc1. The molecule has 0 fully saturated rings. The Kier molecular flexibility index (Phi) is 4.56. The first-order valence-corrected chi connectivity index (χ1v) is 6.39. The molecule has 0 aliphatic carbocycles. The smallest absolute Gasteiger partial charge is 0.131 e. The van der Waals surface area contributed by atoms with Crippen LogP contribution >= 0.6 is 0 Å². The zero-order chi connectivity index (χ0) is 13.5. The number of hydrogen-bond donors (Lipinski definition) is 1. The summed E-state index contributed by atoms with van der Waals surface area (Å²) in [5.74, 6) is 0.191. The van der Waals surface area contributed by atoms with E-state index in [1.165, 1.54) is 0 Å². The van der Waals surface area contributed by atoms with E-state index in [0.717, 1.165) is 11.4 Å². The summed E-state index contributed by atoms with van der Waals surface area (Å²) in [6, 6.07) is 20.0. The summed E-state index contributed by atoms with van der Waals surface area (Å²) >= 11 is 0. The first-order chi connectivity index (χ1) is 9.25. The fraction of sp³-hybridized carbons (Fsp3) is 0.188. The molecule has 0 radical (unpaired) electrons. The second-order valence-electron chi connectivity index (χ2n) is 4.42. The number of hydrazine groups is 1. The number of nitrogens with one attached hydrogen (secondary N) is 1. The molecule has 0 spiro atoms. The summed E-state index contributed by atoms with van der Waals surface area (Å²) < 4.78 is 0. The highest BCUT2D eigenvalue weighted by atomic mass is 16.1. The predicted molar refractivity (Wildman–Crippen MR) is 79.2 cm³/mol. The van der Waals surface area contributed by atoms with Crippen molar-refractivity contribution in [3.8, 4) is 0 Å². The van der Waals surface area contributed by atoms with Crippen molar-refractivity contribution in [3.63, 3.8) is 0 Å². The molecule has 98 valence electrons. The minimum Gasteiger partial charge on any atom is -0.300 e. The minimum atomic E-state index is 0.191. The molecule has 0 heterocycles. The Hall–Kier alpha value is -2.29. The number of nitrogens with zero attached hydrogens (tertiary/aromatic N) is 1. The van der Waals surface area contributed by atoms with Crippen molar-refractivity contribution in [1.82, 2.24) is 0 Å². The lowest BCUT2D eigenvalue weighted by molar-refractivity contribution is -0.116. The third kappa shape index (κ3) is 4.14. The summed E-state index contributed by atoms with van der Waals surface area (Å²) in [7, 11) is 0. The minimum absolute atomic E-state index is 0.191. The van der Waals surface area contributed by atoms with Crippen molar-refractivity contribution in [1.29, 1.82) is 0 Å². The number of rotatable bonds is 6. The molecule has 0 aromatic heterocycles. The van der Waals surface area contributed by atoms with Gasteiger partial charge in [-0.15, -0.1) is 0 Å². The molecule has 0 bridgehead atoms. The van der Waals surface area contributed by atoms with E-state index >= 15 is 0 Å². The molecule has 0 amide bonds. The van der Waals surface area contributed by atoms with Crippen LogP contribution < -0.4 is 10.4 Å². The van der Waals surface area contributed by atoms with Crippen molar-refractivity contribution in [2.45, 2.75) is 13.3 Å². The highest BCUT2D eigenvalue weighted by Crippen LogP contribution is 2.16. The van der Waals surface area contributed by atoms with Crippen LogP contribution in [-0.4, -0.2) is 12.3 Å². The number of para-hydroxylation sites is 2. The first kappa shape index (κ1) is 13.1. The Morgan fingerprint density at radius 1 is 1.00 bits per heavy atom. The van der Waals surface area contributed by atoms with Crippen LogP contribution in [0.1, 0.15) is 13.3 Å². The average Bonchev–Trinajstić information content (AvgIpc) is 2.45. The van der Waals surface area contributed by atoms with Crippen LogP contribution in [-0.2, 0) is 4.79 Å². The summed E-state index contributed by atoms with van der Waals surface area (Å²) in [5, 5.41) is 2.00. The molecule has 2 aromatic rings. The van der Waals surface area contributed by atoms with E-state index < -0.39 is 0 Å². The molecule has 0 aliphatic rings. The number of Topliss-reactive ketones (excluding diaryl/α,β-unsaturated/α-hetero) is 1. The lowest BCUT2D eigenvalue weighted by atomic mass is 10.2. The predicted octanol–water partition coefficient (Wildman–Crippen LogP) is 3.50. The first-order valence-electron chi connectivity index (χ1n) is 6.39. The maximum absolute atomic E-state index is 11.2. The summed E-state index contributed by atoms with van der Waals surface area (Å²) in [6.45, 7) is 2.26. The van der Waals surface area contributed by atoms with Crippen molar-refractivity contribution in [3.05, 3.63) is 60.7 Å². The summed E-state index contributed by atoms with van der Waals surface area (Å²) in [4.78, 5) is 11.2. The van der Waals surface area contributed by atoms with Gasteiger partial charge in [0.05, 0.1) is 11.4 Å². The lowest BCUT2D eigenvalue weighted by Gasteiger charge is -2.26. The lowest BCUT2D eigenvalue weighted by Crippen LogP contribution is -2.31. The van der Waals surface area contributed by atoms with Crippen LogP contribution in [0.4, 0.5) is 11.4 Å². The van der Waals surface area contributed by atoms with Gasteiger partial charge in [-0.3, -0.25) is 15.2 Å². The molecule has 19 heavy (non-hydrogen) atoms. The van der Waals surface area contributed by atoms with Crippen molar-refractivity contribution < 1.29 is 4.79 Å². The van der Waals surface area contributed by atoms with Crippen LogP contribution in [0.3, 0.4) is 0 Å². The molecule has 2 rings (SSSR count). The molecular weight excluding hydrogens is 236 g/mol. The molecule has 0 aliphatic heterocycles. The monoisotopic (exact) mass is 254 g/mol. The molecule has 3 nitrogen and oxygen atoms in total. The van der Waals surface area contributed by atoms with Crippen LogP contribution in [0, 0.1) is 0 Å². The van der Waals surface area contributed by atoms with Crippen LogP contribution in [0.2, 0.25) is 0 Å². The van der Waals surface area contributed by atoms with E-state index in [9.17, 15) is 4.79 Å². The number of benzene rings is 2. The Bertz CT molecular complexity index is 511. The number of carbonyl (C=O) groups is 1. The average molecular weight is 254 g/mol. The summed E-state index contributed by atoms with van der Waals surface area (Å²) in [6.07, 6.45) is 0.523. The highest BCUT2D eigenvalue weighted by molar-refractivity contribution is 5.76. The van der Waals surface area contributed by atoms with Gasteiger partial charge < -0.3 is 0 Å². The van der Waals surface area contributed by atoms with E-state index in [-0.39, 0.29) is 5.78 Å². The zero-order valence-corrected chi connectivity index (χ0v) is 11.0. The maximum atomic E-state index is 11.2. The van der Waals surface area contributed by atoms with Crippen molar-refractivity contribution in [2.24, 2.45) is 0 Å². The van der Waals surface area contributed by atoms with E-state index in [0.29, 0.717) is 13.0 Å². The van der Waals surface area contributed by atoms with Gasteiger partial charge in [-0.2, -0.15) is 0 Å². The molecular formula is C16H18N2O. The topological polar surface area (TPSA) is 32.3 Å².